The van der Waals surface area contributed by atoms with Crippen molar-refractivity contribution in [3.8, 4) is 0 Å². The Labute approximate surface area is 199 Å². The summed E-state index contributed by atoms with van der Waals surface area (Å²) in [6.07, 6.45) is -7.85. The van der Waals surface area contributed by atoms with Crippen LogP contribution in [0.5, 0.6) is 0 Å². The second-order valence-corrected chi connectivity index (χ2v) is 8.91. The van der Waals surface area contributed by atoms with Gasteiger partial charge in [0.15, 0.2) is 24.4 Å². The summed E-state index contributed by atoms with van der Waals surface area (Å²) in [5, 5.41) is 0. The molecule has 2 aliphatic rings. The molecule has 0 aromatic rings. The summed E-state index contributed by atoms with van der Waals surface area (Å²) in [4.78, 5) is 50.2. The van der Waals surface area contributed by atoms with Crippen molar-refractivity contribution < 1.29 is 56.7 Å². The standard InChI is InChI=1S/C20H32B2O12/c1-9(2)27-17(23)13-14(18(24)28-10(3)4)32-21(31-13)22-33-15(19(25)29-11(5)6)16(34-22)20(26)30-12(7)8/h9-16H,1-8H3/t13-,14-,15-,16-/m0/s1. The Bertz CT molecular complexity index is 634. The van der Waals surface area contributed by atoms with Crippen LogP contribution in [-0.2, 0) is 56.7 Å². The lowest BCUT2D eigenvalue weighted by Crippen LogP contribution is -2.41. The highest BCUT2D eigenvalue weighted by molar-refractivity contribution is 7.11. The molecule has 2 aliphatic heterocycles. The van der Waals surface area contributed by atoms with E-state index in [0.29, 0.717) is 0 Å². The lowest BCUT2D eigenvalue weighted by Gasteiger charge is -2.18. The Morgan fingerprint density at radius 3 is 0.794 bits per heavy atom. The molecular formula is C20H32B2O12. The van der Waals surface area contributed by atoms with Gasteiger partial charge in [0.2, 0.25) is 0 Å². The maximum Gasteiger partial charge on any atom is 0.489 e. The van der Waals surface area contributed by atoms with Crippen molar-refractivity contribution in [1.82, 2.24) is 0 Å². The fraction of sp³-hybridized carbons (Fsp3) is 0.800. The van der Waals surface area contributed by atoms with Gasteiger partial charge in [0, 0.05) is 0 Å². The first-order chi connectivity index (χ1) is 15.8. The van der Waals surface area contributed by atoms with E-state index in [4.69, 9.17) is 37.6 Å². The van der Waals surface area contributed by atoms with Crippen LogP contribution in [0, 0.1) is 0 Å². The van der Waals surface area contributed by atoms with Gasteiger partial charge in [-0.1, -0.05) is 0 Å². The van der Waals surface area contributed by atoms with Crippen molar-refractivity contribution in [3.05, 3.63) is 0 Å². The maximum absolute atomic E-state index is 12.5. The van der Waals surface area contributed by atoms with Crippen LogP contribution in [0.15, 0.2) is 0 Å². The topological polar surface area (TPSA) is 142 Å². The average Bonchev–Trinajstić information content (AvgIpc) is 3.31. The molecule has 0 aromatic heterocycles. The summed E-state index contributed by atoms with van der Waals surface area (Å²) in [5.41, 5.74) is 0. The lowest BCUT2D eigenvalue weighted by molar-refractivity contribution is -0.167. The van der Waals surface area contributed by atoms with E-state index in [9.17, 15) is 19.2 Å². The molecule has 0 N–H and O–H groups in total. The summed E-state index contributed by atoms with van der Waals surface area (Å²) in [6, 6.07) is 0. The largest absolute Gasteiger partial charge is 0.489 e. The van der Waals surface area contributed by atoms with Crippen LogP contribution < -0.4 is 0 Å². The minimum absolute atomic E-state index is 0.485. The number of hydrogen-bond donors (Lipinski definition) is 0. The van der Waals surface area contributed by atoms with Gasteiger partial charge in [-0.15, -0.1) is 0 Å². The summed E-state index contributed by atoms with van der Waals surface area (Å²) >= 11 is 0. The zero-order valence-electron chi connectivity index (χ0n) is 20.7. The lowest BCUT2D eigenvalue weighted by atomic mass is 9.49. The molecule has 2 rings (SSSR count). The van der Waals surface area contributed by atoms with E-state index in [-0.39, 0.29) is 0 Å². The monoisotopic (exact) mass is 486 g/mol. The highest BCUT2D eigenvalue weighted by Crippen LogP contribution is 2.28. The summed E-state index contributed by atoms with van der Waals surface area (Å²) in [6.45, 7) is 13.0. The van der Waals surface area contributed by atoms with Crippen molar-refractivity contribution in [3.63, 3.8) is 0 Å². The molecule has 0 radical (unpaired) electrons. The predicted octanol–water partition coefficient (Wildman–Crippen LogP) is 0.416. The Balaban J connectivity index is 2.24. The molecule has 2 fully saturated rings. The normalized spacial score (nSPS) is 24.8. The molecule has 0 aliphatic carbocycles. The number of rotatable bonds is 9. The average molecular weight is 486 g/mol. The van der Waals surface area contributed by atoms with Crippen molar-refractivity contribution in [2.75, 3.05) is 0 Å². The van der Waals surface area contributed by atoms with Crippen LogP contribution in [0.25, 0.3) is 0 Å². The van der Waals surface area contributed by atoms with Crippen LogP contribution in [0.3, 0.4) is 0 Å². The summed E-state index contributed by atoms with van der Waals surface area (Å²) in [7, 11) is -2.92. The van der Waals surface area contributed by atoms with E-state index in [1.54, 1.807) is 55.4 Å². The SMILES string of the molecule is CC(C)OC(=O)[C@H]1OB(B2O[C@H](C(=O)OC(C)C)[C@@H](C(=O)OC(C)C)O2)O[C@@H]1C(=O)OC(C)C. The van der Waals surface area contributed by atoms with Crippen LogP contribution in [-0.4, -0.2) is 86.7 Å². The van der Waals surface area contributed by atoms with Crippen molar-refractivity contribution in [1.29, 1.82) is 0 Å². The fourth-order valence-electron chi connectivity index (χ4n) is 3.10. The number of ether oxygens (including phenoxy) is 4. The maximum atomic E-state index is 12.5. The zero-order chi connectivity index (χ0) is 25.7. The first-order valence-corrected chi connectivity index (χ1v) is 11.2. The quantitative estimate of drug-likeness (QED) is 0.253. The van der Waals surface area contributed by atoms with Crippen LogP contribution >= 0.6 is 0 Å². The highest BCUT2D eigenvalue weighted by atomic mass is 16.7. The van der Waals surface area contributed by atoms with Gasteiger partial charge in [-0.2, -0.15) is 0 Å². The molecule has 4 atom stereocenters. The Morgan fingerprint density at radius 2 is 0.647 bits per heavy atom. The van der Waals surface area contributed by atoms with Gasteiger partial charge in [0.25, 0.3) is 0 Å². The van der Waals surface area contributed by atoms with E-state index in [0.717, 1.165) is 0 Å². The Kier molecular flexibility index (Phi) is 9.92. The molecule has 0 unspecified atom stereocenters. The summed E-state index contributed by atoms with van der Waals surface area (Å²) in [5.74, 6) is -3.42. The molecule has 0 bridgehead atoms. The smallest absolute Gasteiger partial charge is 0.461 e. The molecule has 2 heterocycles. The molecule has 14 heteroatoms. The van der Waals surface area contributed by atoms with Gasteiger partial charge in [-0.05, 0) is 55.4 Å². The second kappa shape index (κ2) is 12.0. The number of esters is 4. The zero-order valence-corrected chi connectivity index (χ0v) is 20.7. The molecule has 0 saturated carbocycles. The van der Waals surface area contributed by atoms with Crippen LogP contribution in [0.2, 0.25) is 0 Å². The third-order valence-electron chi connectivity index (χ3n) is 4.23. The van der Waals surface area contributed by atoms with Gasteiger partial charge in [-0.3, -0.25) is 0 Å². The molecular weight excluding hydrogens is 454 g/mol. The molecule has 2 saturated heterocycles. The van der Waals surface area contributed by atoms with E-state index in [1.807, 2.05) is 0 Å². The first-order valence-electron chi connectivity index (χ1n) is 11.2. The van der Waals surface area contributed by atoms with Gasteiger partial charge in [0.1, 0.15) is 0 Å². The molecule has 0 spiro atoms. The van der Waals surface area contributed by atoms with Crippen molar-refractivity contribution in [2.45, 2.75) is 104 Å². The summed E-state index contributed by atoms with van der Waals surface area (Å²) < 4.78 is 43.0. The minimum atomic E-state index is -1.48. The van der Waals surface area contributed by atoms with E-state index < -0.39 is 86.7 Å². The van der Waals surface area contributed by atoms with Gasteiger partial charge in [0.05, 0.1) is 24.4 Å². The second-order valence-electron chi connectivity index (χ2n) is 8.91. The highest BCUT2D eigenvalue weighted by Gasteiger charge is 2.62. The first kappa shape index (κ1) is 28.1. The molecule has 190 valence electrons. The molecule has 12 nitrogen and oxygen atoms in total. The Hall–Kier alpha value is -2.15. The third kappa shape index (κ3) is 7.42. The van der Waals surface area contributed by atoms with Crippen LogP contribution in [0.4, 0.5) is 0 Å². The molecule has 34 heavy (non-hydrogen) atoms. The fourth-order valence-corrected chi connectivity index (χ4v) is 3.10. The third-order valence-corrected chi connectivity index (χ3v) is 4.23. The van der Waals surface area contributed by atoms with E-state index in [1.165, 1.54) is 0 Å². The number of hydrogen-bond acceptors (Lipinski definition) is 12. The minimum Gasteiger partial charge on any atom is -0.461 e. The van der Waals surface area contributed by atoms with Crippen molar-refractivity contribution in [2.24, 2.45) is 0 Å². The van der Waals surface area contributed by atoms with Gasteiger partial charge in [-0.25, -0.2) is 19.2 Å². The van der Waals surface area contributed by atoms with Gasteiger partial charge >= 0.3 is 37.9 Å². The van der Waals surface area contributed by atoms with Gasteiger partial charge < -0.3 is 37.6 Å². The molecule has 0 aromatic carbocycles. The number of carbonyl (C=O) groups is 4. The van der Waals surface area contributed by atoms with Crippen molar-refractivity contribution >= 4 is 37.9 Å². The van der Waals surface area contributed by atoms with E-state index in [2.05, 4.69) is 0 Å². The predicted molar refractivity (Wildman–Crippen MR) is 116 cm³/mol. The number of carbonyl (C=O) groups excluding carboxylic acids is 4. The van der Waals surface area contributed by atoms with Crippen LogP contribution in [0.1, 0.15) is 55.4 Å². The van der Waals surface area contributed by atoms with E-state index >= 15 is 0 Å². The Morgan fingerprint density at radius 1 is 0.471 bits per heavy atom. The molecule has 0 amide bonds.